The summed E-state index contributed by atoms with van der Waals surface area (Å²) in [6.45, 7) is 10.3. The monoisotopic (exact) mass is 530 g/mol. The number of aromatic nitrogens is 1. The van der Waals surface area contributed by atoms with Gasteiger partial charge in [-0.3, -0.25) is 4.99 Å². The summed E-state index contributed by atoms with van der Waals surface area (Å²) in [5.74, 6) is 3.05. The quantitative estimate of drug-likeness (QED) is 0.314. The summed E-state index contributed by atoms with van der Waals surface area (Å²) in [6, 6.07) is 4.19. The predicted octanol–water partition coefficient (Wildman–Crippen LogP) is 4.47. The first-order chi connectivity index (χ1) is 13.5. The lowest BCUT2D eigenvalue weighted by Gasteiger charge is -2.15. The highest BCUT2D eigenvalue weighted by atomic mass is 127. The van der Waals surface area contributed by atoms with Crippen LogP contribution in [0.15, 0.2) is 22.5 Å². The molecule has 1 aromatic carbocycles. The van der Waals surface area contributed by atoms with E-state index in [1.807, 2.05) is 6.92 Å². The van der Waals surface area contributed by atoms with Crippen molar-refractivity contribution < 1.29 is 9.47 Å². The normalized spacial score (nSPS) is 15.5. The van der Waals surface area contributed by atoms with Gasteiger partial charge in [0, 0.05) is 42.4 Å². The smallest absolute Gasteiger partial charge is 0.191 e. The van der Waals surface area contributed by atoms with Gasteiger partial charge < -0.3 is 20.1 Å². The molecule has 2 aromatic rings. The van der Waals surface area contributed by atoms with Crippen LogP contribution in [0.5, 0.6) is 11.5 Å². The maximum Gasteiger partial charge on any atom is 0.191 e. The number of guanidine groups is 1. The molecule has 0 fully saturated rings. The van der Waals surface area contributed by atoms with E-state index in [4.69, 9.17) is 9.47 Å². The van der Waals surface area contributed by atoms with E-state index in [-0.39, 0.29) is 30.1 Å². The van der Waals surface area contributed by atoms with Crippen LogP contribution >= 0.6 is 35.3 Å². The molecule has 0 radical (unpaired) electrons. The first-order valence-corrected chi connectivity index (χ1v) is 10.7. The lowest BCUT2D eigenvalue weighted by Crippen LogP contribution is -2.36. The average molecular weight is 530 g/mol. The fraction of sp³-hybridized carbons (Fsp3) is 0.524. The highest BCUT2D eigenvalue weighted by Crippen LogP contribution is 2.35. The zero-order valence-corrected chi connectivity index (χ0v) is 20.9. The van der Waals surface area contributed by atoms with Crippen molar-refractivity contribution >= 4 is 41.3 Å². The molecular formula is C21H31IN4O2S. The van der Waals surface area contributed by atoms with Crippen molar-refractivity contribution in [1.29, 1.82) is 0 Å². The number of halogens is 1. The lowest BCUT2D eigenvalue weighted by molar-refractivity contribution is 0.254. The molecule has 160 valence electrons. The van der Waals surface area contributed by atoms with Crippen LogP contribution in [0.25, 0.3) is 0 Å². The summed E-state index contributed by atoms with van der Waals surface area (Å²) in [7, 11) is 1.77. The van der Waals surface area contributed by atoms with Gasteiger partial charge >= 0.3 is 0 Å². The fourth-order valence-corrected chi connectivity index (χ4v) is 3.99. The second-order valence-corrected chi connectivity index (χ2v) is 8.13. The van der Waals surface area contributed by atoms with Crippen molar-refractivity contribution in [2.45, 2.75) is 59.2 Å². The van der Waals surface area contributed by atoms with Crippen molar-refractivity contribution in [2.75, 3.05) is 13.7 Å². The summed E-state index contributed by atoms with van der Waals surface area (Å²) in [5, 5.41) is 9.96. The average Bonchev–Trinajstić information content (AvgIpc) is 3.27. The highest BCUT2D eigenvalue weighted by molar-refractivity contribution is 14.0. The number of aliphatic imine (C=N–C) groups is 1. The van der Waals surface area contributed by atoms with Gasteiger partial charge in [0.05, 0.1) is 23.9 Å². The summed E-state index contributed by atoms with van der Waals surface area (Å²) in [6.07, 6.45) is 1.15. The number of nitrogens with zero attached hydrogens (tertiary/aromatic N) is 2. The maximum atomic E-state index is 5.90. The Balaban J connectivity index is 0.00000300. The number of ether oxygens (including phenoxy) is 2. The van der Waals surface area contributed by atoms with E-state index < -0.39 is 0 Å². The third-order valence-corrected chi connectivity index (χ3v) is 5.74. The topological polar surface area (TPSA) is 67.8 Å². The van der Waals surface area contributed by atoms with E-state index in [0.29, 0.717) is 25.6 Å². The predicted molar refractivity (Wildman–Crippen MR) is 130 cm³/mol. The largest absolute Gasteiger partial charge is 0.494 e. The van der Waals surface area contributed by atoms with Gasteiger partial charge in [-0.2, -0.15) is 0 Å². The van der Waals surface area contributed by atoms with Crippen LogP contribution in [0, 0.1) is 0 Å². The van der Waals surface area contributed by atoms with Crippen LogP contribution in [-0.2, 0) is 19.5 Å². The molecule has 0 amide bonds. The molecule has 29 heavy (non-hydrogen) atoms. The Bertz CT molecular complexity index is 838. The Morgan fingerprint density at radius 1 is 1.34 bits per heavy atom. The Morgan fingerprint density at radius 3 is 2.76 bits per heavy atom. The molecule has 2 heterocycles. The summed E-state index contributed by atoms with van der Waals surface area (Å²) >= 11 is 1.70. The lowest BCUT2D eigenvalue weighted by atomic mass is 10.1. The summed E-state index contributed by atoms with van der Waals surface area (Å²) < 4.78 is 11.8. The zero-order chi connectivity index (χ0) is 20.1. The molecule has 0 aliphatic carbocycles. The zero-order valence-electron chi connectivity index (χ0n) is 17.7. The minimum Gasteiger partial charge on any atom is -0.494 e. The van der Waals surface area contributed by atoms with E-state index in [2.05, 4.69) is 58.9 Å². The molecule has 0 saturated heterocycles. The molecule has 6 nitrogen and oxygen atoms in total. The Kier molecular flexibility index (Phi) is 9.01. The maximum absolute atomic E-state index is 5.90. The van der Waals surface area contributed by atoms with Gasteiger partial charge in [0.15, 0.2) is 5.96 Å². The fourth-order valence-electron chi connectivity index (χ4n) is 3.15. The SMILES string of the molecule is CCOc1cc2c(cc1CNC(=NC)NCc1csc(C(C)C)n1)OC(C)C2.I. The highest BCUT2D eigenvalue weighted by Gasteiger charge is 2.22. The number of hydrogen-bond acceptors (Lipinski definition) is 5. The minimum atomic E-state index is 0. The van der Waals surface area contributed by atoms with Crippen molar-refractivity contribution in [3.05, 3.63) is 39.3 Å². The second-order valence-electron chi connectivity index (χ2n) is 7.24. The van der Waals surface area contributed by atoms with E-state index >= 15 is 0 Å². The number of hydrogen-bond donors (Lipinski definition) is 2. The first kappa shape index (κ1) is 23.7. The van der Waals surface area contributed by atoms with Crippen LogP contribution in [0.4, 0.5) is 0 Å². The second kappa shape index (κ2) is 11.0. The van der Waals surface area contributed by atoms with Crippen LogP contribution in [0.2, 0.25) is 0 Å². The van der Waals surface area contributed by atoms with E-state index in [9.17, 15) is 0 Å². The minimum absolute atomic E-state index is 0. The molecular weight excluding hydrogens is 499 g/mol. The van der Waals surface area contributed by atoms with Gasteiger partial charge in [0.2, 0.25) is 0 Å². The molecule has 0 saturated carbocycles. The van der Waals surface area contributed by atoms with Crippen LogP contribution in [-0.4, -0.2) is 30.7 Å². The van der Waals surface area contributed by atoms with E-state index in [0.717, 1.165) is 40.1 Å². The van der Waals surface area contributed by atoms with Crippen molar-refractivity contribution in [3.8, 4) is 11.5 Å². The molecule has 1 unspecified atom stereocenters. The first-order valence-electron chi connectivity index (χ1n) is 9.84. The molecule has 8 heteroatoms. The summed E-state index contributed by atoms with van der Waals surface area (Å²) in [4.78, 5) is 8.97. The third kappa shape index (κ3) is 6.21. The van der Waals surface area contributed by atoms with Crippen molar-refractivity contribution in [2.24, 2.45) is 4.99 Å². The summed E-state index contributed by atoms with van der Waals surface area (Å²) in [5.41, 5.74) is 3.31. The van der Waals surface area contributed by atoms with Crippen molar-refractivity contribution in [1.82, 2.24) is 15.6 Å². The third-order valence-electron chi connectivity index (χ3n) is 4.55. The molecule has 1 aromatic heterocycles. The Morgan fingerprint density at radius 2 is 2.10 bits per heavy atom. The number of benzene rings is 1. The van der Waals surface area contributed by atoms with E-state index in [1.54, 1.807) is 18.4 Å². The molecule has 2 N–H and O–H groups in total. The van der Waals surface area contributed by atoms with E-state index in [1.165, 1.54) is 5.56 Å². The van der Waals surface area contributed by atoms with Gasteiger partial charge in [-0.1, -0.05) is 13.8 Å². The van der Waals surface area contributed by atoms with Crippen molar-refractivity contribution in [3.63, 3.8) is 0 Å². The molecule has 0 bridgehead atoms. The molecule has 0 spiro atoms. The number of nitrogens with one attached hydrogen (secondary N) is 2. The molecule has 3 rings (SSSR count). The van der Waals surface area contributed by atoms with Gasteiger partial charge in [-0.25, -0.2) is 4.98 Å². The molecule has 1 aliphatic rings. The Hall–Kier alpha value is -1.55. The van der Waals surface area contributed by atoms with Gasteiger partial charge in [-0.15, -0.1) is 35.3 Å². The molecule has 1 atom stereocenters. The van der Waals surface area contributed by atoms with Crippen LogP contribution in [0.1, 0.15) is 55.4 Å². The number of thiazole rings is 1. The Labute approximate surface area is 194 Å². The number of rotatable bonds is 7. The van der Waals surface area contributed by atoms with Gasteiger partial charge in [0.1, 0.15) is 17.6 Å². The standard InChI is InChI=1S/C21H30N4O2S.HI/c1-6-26-18-8-15-7-14(4)27-19(15)9-16(18)10-23-21(22-5)24-11-17-12-28-20(25-17)13(2)3;/h8-9,12-14H,6-7,10-11H2,1-5H3,(H2,22,23,24);1H. The van der Waals surface area contributed by atoms with Crippen LogP contribution in [0.3, 0.4) is 0 Å². The van der Waals surface area contributed by atoms with Gasteiger partial charge in [0.25, 0.3) is 0 Å². The molecule has 1 aliphatic heterocycles. The number of fused-ring (bicyclic) bond motifs is 1. The van der Waals surface area contributed by atoms with Gasteiger partial charge in [-0.05, 0) is 26.0 Å². The van der Waals surface area contributed by atoms with Crippen LogP contribution < -0.4 is 20.1 Å².